The van der Waals surface area contributed by atoms with Crippen molar-refractivity contribution in [3.63, 3.8) is 0 Å². The molecule has 34 heavy (non-hydrogen) atoms. The van der Waals surface area contributed by atoms with Gasteiger partial charge in [-0.15, -0.1) is 11.3 Å². The molecule has 2 saturated heterocycles. The van der Waals surface area contributed by atoms with Crippen LogP contribution in [0.15, 0.2) is 72.1 Å². The lowest BCUT2D eigenvalue weighted by Crippen LogP contribution is -2.47. The van der Waals surface area contributed by atoms with E-state index in [-0.39, 0.29) is 18.4 Å². The predicted molar refractivity (Wildman–Crippen MR) is 130 cm³/mol. The molecular formula is C26H25N3O4S. The lowest BCUT2D eigenvalue weighted by molar-refractivity contribution is -0.135. The maximum absolute atomic E-state index is 13.6. The van der Waals surface area contributed by atoms with Gasteiger partial charge in [0.1, 0.15) is 0 Å². The first-order valence-corrected chi connectivity index (χ1v) is 12.2. The summed E-state index contributed by atoms with van der Waals surface area (Å²) < 4.78 is 5.79. The molecular weight excluding hydrogens is 450 g/mol. The molecule has 0 spiro atoms. The summed E-state index contributed by atoms with van der Waals surface area (Å²) in [6, 6.07) is 19.6. The van der Waals surface area contributed by atoms with Gasteiger partial charge in [-0.1, -0.05) is 48.5 Å². The van der Waals surface area contributed by atoms with E-state index in [1.165, 1.54) is 16.2 Å². The molecule has 2 aliphatic rings. The number of thiophene rings is 1. The second-order valence-corrected chi connectivity index (χ2v) is 9.40. The summed E-state index contributed by atoms with van der Waals surface area (Å²) in [5.74, 6) is -0.303. The molecule has 0 bridgehead atoms. The van der Waals surface area contributed by atoms with Crippen molar-refractivity contribution in [2.45, 2.75) is 31.5 Å². The molecule has 2 aromatic carbocycles. The van der Waals surface area contributed by atoms with Gasteiger partial charge in [0.2, 0.25) is 5.91 Å². The summed E-state index contributed by atoms with van der Waals surface area (Å²) in [6.45, 7) is 1.66. The summed E-state index contributed by atoms with van der Waals surface area (Å²) >= 11 is 1.36. The molecule has 2 fully saturated rings. The van der Waals surface area contributed by atoms with Crippen molar-refractivity contribution in [1.82, 2.24) is 9.80 Å². The van der Waals surface area contributed by atoms with Crippen LogP contribution in [0.1, 0.15) is 39.7 Å². The third kappa shape index (κ3) is 4.54. The van der Waals surface area contributed by atoms with Crippen molar-refractivity contribution < 1.29 is 19.1 Å². The van der Waals surface area contributed by atoms with Gasteiger partial charge in [-0.2, -0.15) is 0 Å². The van der Waals surface area contributed by atoms with E-state index < -0.39 is 18.2 Å². The van der Waals surface area contributed by atoms with E-state index in [4.69, 9.17) is 4.74 Å². The number of amides is 3. The molecule has 174 valence electrons. The summed E-state index contributed by atoms with van der Waals surface area (Å²) in [7, 11) is 0. The molecule has 3 heterocycles. The van der Waals surface area contributed by atoms with E-state index in [0.717, 1.165) is 18.4 Å². The zero-order chi connectivity index (χ0) is 23.5. The highest BCUT2D eigenvalue weighted by atomic mass is 32.1. The van der Waals surface area contributed by atoms with Crippen molar-refractivity contribution in [2.24, 2.45) is 0 Å². The van der Waals surface area contributed by atoms with Crippen LogP contribution in [-0.4, -0.2) is 46.8 Å². The Balaban J connectivity index is 1.43. The van der Waals surface area contributed by atoms with Gasteiger partial charge in [0.25, 0.3) is 5.91 Å². The average molecular weight is 476 g/mol. The Labute approximate surface area is 201 Å². The van der Waals surface area contributed by atoms with Gasteiger partial charge >= 0.3 is 6.09 Å². The molecule has 8 heteroatoms. The van der Waals surface area contributed by atoms with Crippen LogP contribution in [0.4, 0.5) is 10.5 Å². The highest BCUT2D eigenvalue weighted by Gasteiger charge is 2.48. The first-order valence-electron chi connectivity index (χ1n) is 11.3. The summed E-state index contributed by atoms with van der Waals surface area (Å²) in [5, 5.41) is 4.74. The number of carbonyl (C=O) groups excluding carboxylic acids is 3. The van der Waals surface area contributed by atoms with Crippen molar-refractivity contribution in [2.75, 3.05) is 18.4 Å². The molecule has 0 unspecified atom stereocenters. The van der Waals surface area contributed by atoms with E-state index in [1.807, 2.05) is 52.7 Å². The second-order valence-electron chi connectivity index (χ2n) is 8.45. The van der Waals surface area contributed by atoms with Gasteiger partial charge < -0.3 is 15.0 Å². The largest absolute Gasteiger partial charge is 0.438 e. The van der Waals surface area contributed by atoms with Crippen LogP contribution in [0.25, 0.3) is 0 Å². The van der Waals surface area contributed by atoms with Gasteiger partial charge in [0, 0.05) is 18.8 Å². The number of ether oxygens (including phenoxy) is 1. The fourth-order valence-electron chi connectivity index (χ4n) is 4.49. The molecule has 0 saturated carbocycles. The van der Waals surface area contributed by atoms with Crippen LogP contribution < -0.4 is 5.32 Å². The van der Waals surface area contributed by atoms with E-state index >= 15 is 0 Å². The number of nitrogens with zero attached hydrogens (tertiary/aromatic N) is 2. The predicted octanol–water partition coefficient (Wildman–Crippen LogP) is 4.68. The monoisotopic (exact) mass is 475 g/mol. The first-order chi connectivity index (χ1) is 16.6. The van der Waals surface area contributed by atoms with Crippen molar-refractivity contribution >= 4 is 34.9 Å². The maximum atomic E-state index is 13.6. The Morgan fingerprint density at radius 1 is 1.00 bits per heavy atom. The molecule has 2 atom stereocenters. The number of benzene rings is 2. The lowest BCUT2D eigenvalue weighted by Gasteiger charge is -2.28. The molecule has 3 amide bonds. The molecule has 5 rings (SSSR count). The third-order valence-corrected chi connectivity index (χ3v) is 7.04. The summed E-state index contributed by atoms with van der Waals surface area (Å²) in [4.78, 5) is 43.0. The molecule has 7 nitrogen and oxygen atoms in total. The first kappa shape index (κ1) is 22.2. The van der Waals surface area contributed by atoms with Gasteiger partial charge in [-0.25, -0.2) is 4.79 Å². The van der Waals surface area contributed by atoms with Crippen LogP contribution >= 0.6 is 11.3 Å². The minimum atomic E-state index is -0.769. The normalized spacial score (nSPS) is 19.8. The van der Waals surface area contributed by atoms with Crippen molar-refractivity contribution in [1.29, 1.82) is 0 Å². The number of cyclic esters (lactones) is 1. The van der Waals surface area contributed by atoms with Gasteiger partial charge in [-0.05, 0) is 47.5 Å². The van der Waals surface area contributed by atoms with E-state index in [0.29, 0.717) is 29.2 Å². The van der Waals surface area contributed by atoms with Gasteiger partial charge in [-0.3, -0.25) is 14.5 Å². The zero-order valence-electron chi connectivity index (χ0n) is 18.6. The number of likely N-dealkylation sites (tertiary alicyclic amines) is 1. The average Bonchev–Trinajstić information content (AvgIpc) is 3.62. The maximum Gasteiger partial charge on any atom is 0.411 e. The Bertz CT molecular complexity index is 1180. The van der Waals surface area contributed by atoms with Crippen LogP contribution in [0, 0.1) is 0 Å². The number of nitrogens with one attached hydrogen (secondary N) is 1. The third-order valence-electron chi connectivity index (χ3n) is 6.17. The summed E-state index contributed by atoms with van der Waals surface area (Å²) in [5.41, 5.74) is 2.18. The Kier molecular flexibility index (Phi) is 6.31. The number of anilines is 1. The van der Waals surface area contributed by atoms with Crippen molar-refractivity contribution in [3.8, 4) is 0 Å². The molecule has 1 aromatic heterocycles. The van der Waals surface area contributed by atoms with E-state index in [9.17, 15) is 14.4 Å². The van der Waals surface area contributed by atoms with Crippen molar-refractivity contribution in [3.05, 3.63) is 88.1 Å². The molecule has 0 aliphatic carbocycles. The Hall–Kier alpha value is -3.65. The molecule has 3 aromatic rings. The fourth-order valence-corrected chi connectivity index (χ4v) is 5.11. The number of rotatable bonds is 6. The van der Waals surface area contributed by atoms with Crippen LogP contribution in [-0.2, 0) is 16.1 Å². The lowest BCUT2D eigenvalue weighted by atomic mass is 9.99. The molecule has 1 N–H and O–H groups in total. The molecule has 0 radical (unpaired) electrons. The number of hydrogen-bond donors (Lipinski definition) is 1. The number of carbonyl (C=O) groups is 3. The minimum Gasteiger partial charge on any atom is -0.438 e. The van der Waals surface area contributed by atoms with Gasteiger partial charge in [0.05, 0.1) is 11.4 Å². The van der Waals surface area contributed by atoms with E-state index in [2.05, 4.69) is 5.32 Å². The standard InChI is InChI=1S/C26H25N3O4S/c30-24(21-12-7-15-34-21)27-20-11-6-10-19(16-20)23-22(25(31)28-13-4-5-14-28)29(26(32)33-23)17-18-8-2-1-3-9-18/h1-3,6-12,15-16,22-23H,4-5,13-14,17H2,(H,27,30)/t22-,23+/m0/s1. The highest BCUT2D eigenvalue weighted by molar-refractivity contribution is 7.12. The zero-order valence-corrected chi connectivity index (χ0v) is 19.4. The Morgan fingerprint density at radius 2 is 1.79 bits per heavy atom. The van der Waals surface area contributed by atoms with Crippen LogP contribution in [0.3, 0.4) is 0 Å². The highest BCUT2D eigenvalue weighted by Crippen LogP contribution is 2.36. The Morgan fingerprint density at radius 3 is 2.53 bits per heavy atom. The van der Waals surface area contributed by atoms with Gasteiger partial charge in [0.15, 0.2) is 12.1 Å². The summed E-state index contributed by atoms with van der Waals surface area (Å²) in [6.07, 6.45) is 0.643. The minimum absolute atomic E-state index is 0.0997. The fraction of sp³-hybridized carbons (Fsp3) is 0.269. The second kappa shape index (κ2) is 9.69. The quantitative estimate of drug-likeness (QED) is 0.561. The smallest absolute Gasteiger partial charge is 0.411 e. The number of hydrogen-bond acceptors (Lipinski definition) is 5. The van der Waals surface area contributed by atoms with E-state index in [1.54, 1.807) is 24.3 Å². The van der Waals surface area contributed by atoms with Crippen LogP contribution in [0.5, 0.6) is 0 Å². The molecule has 2 aliphatic heterocycles. The van der Waals surface area contributed by atoms with Crippen LogP contribution in [0.2, 0.25) is 0 Å². The topological polar surface area (TPSA) is 79.0 Å². The SMILES string of the molecule is O=C(Nc1cccc([C@H]2OC(=O)N(Cc3ccccc3)[C@@H]2C(=O)N2CCCC2)c1)c1cccs1.